The van der Waals surface area contributed by atoms with E-state index in [1.165, 1.54) is 13.7 Å². The maximum atomic E-state index is 5.71. The second-order valence-corrected chi connectivity index (χ2v) is 5.45. The molecule has 0 saturated carbocycles. The molecule has 0 radical (unpaired) electrons. The Hall–Kier alpha value is 0.190. The molecule has 2 aromatic rings. The molecule has 0 saturated heterocycles. The Morgan fingerprint density at radius 2 is 2.17 bits per heavy atom. The van der Waals surface area contributed by atoms with Crippen LogP contribution in [0.4, 0.5) is 5.00 Å². The lowest BCUT2D eigenvalue weighted by Crippen LogP contribution is -1.72. The van der Waals surface area contributed by atoms with Gasteiger partial charge in [0.2, 0.25) is 0 Å². The smallest absolute Gasteiger partial charge is 0.0869 e. The van der Waals surface area contributed by atoms with Gasteiger partial charge in [-0.3, -0.25) is 0 Å². The van der Waals surface area contributed by atoms with Crippen LogP contribution in [0.25, 0.3) is 10.1 Å². The van der Waals surface area contributed by atoms with E-state index in [9.17, 15) is 0 Å². The van der Waals surface area contributed by atoms with Crippen LogP contribution in [0.5, 0.6) is 0 Å². The highest BCUT2D eigenvalue weighted by molar-refractivity contribution is 14.1. The zero-order chi connectivity index (χ0) is 8.72. The predicted molar refractivity (Wildman–Crippen MR) is 66.7 cm³/mol. The highest BCUT2D eigenvalue weighted by Crippen LogP contribution is 2.34. The molecule has 0 atom stereocenters. The minimum Gasteiger partial charge on any atom is -0.391 e. The molecule has 1 nitrogen and oxygen atoms in total. The van der Waals surface area contributed by atoms with E-state index in [2.05, 4.69) is 50.7 Å². The third-order valence-electron chi connectivity index (χ3n) is 1.60. The summed E-state index contributed by atoms with van der Waals surface area (Å²) in [5.41, 5.74) is 5.71. The SMILES string of the molecule is Nc1cc2ccc(Br)c(I)c2s1. The van der Waals surface area contributed by atoms with Gasteiger partial charge in [0.15, 0.2) is 0 Å². The van der Waals surface area contributed by atoms with E-state index in [1.54, 1.807) is 11.3 Å². The molecule has 62 valence electrons. The molecule has 1 aromatic carbocycles. The van der Waals surface area contributed by atoms with E-state index in [0.29, 0.717) is 0 Å². The number of thiophene rings is 1. The first kappa shape index (κ1) is 8.77. The summed E-state index contributed by atoms with van der Waals surface area (Å²) < 4.78 is 3.65. The number of hydrogen-bond donors (Lipinski definition) is 1. The fraction of sp³-hybridized carbons (Fsp3) is 0. The summed E-state index contributed by atoms with van der Waals surface area (Å²) in [5, 5.41) is 2.10. The molecular formula is C8H5BrINS. The van der Waals surface area contributed by atoms with E-state index in [4.69, 9.17) is 5.73 Å². The van der Waals surface area contributed by atoms with Crippen LogP contribution >= 0.6 is 49.9 Å². The summed E-state index contributed by atoms with van der Waals surface area (Å²) in [6, 6.07) is 6.14. The van der Waals surface area contributed by atoms with E-state index in [1.807, 2.05) is 6.07 Å². The number of halogens is 2. The van der Waals surface area contributed by atoms with Crippen molar-refractivity contribution in [2.45, 2.75) is 0 Å². The molecule has 1 heterocycles. The standard InChI is InChI=1S/C8H5BrINS/c9-5-2-1-4-3-6(11)12-8(4)7(5)10/h1-3H,11H2. The molecule has 1 aromatic heterocycles. The van der Waals surface area contributed by atoms with Crippen molar-refractivity contribution in [2.24, 2.45) is 0 Å². The van der Waals surface area contributed by atoms with Crippen LogP contribution in [-0.2, 0) is 0 Å². The molecule has 4 heteroatoms. The number of benzene rings is 1. The van der Waals surface area contributed by atoms with Crippen molar-refractivity contribution in [2.75, 3.05) is 5.73 Å². The molecule has 2 N–H and O–H groups in total. The van der Waals surface area contributed by atoms with Gasteiger partial charge in [0.1, 0.15) is 0 Å². The van der Waals surface area contributed by atoms with Gasteiger partial charge in [-0.05, 0) is 56.0 Å². The maximum absolute atomic E-state index is 5.71. The first-order valence-electron chi connectivity index (χ1n) is 3.31. The quantitative estimate of drug-likeness (QED) is 0.715. The van der Waals surface area contributed by atoms with Crippen molar-refractivity contribution in [1.29, 1.82) is 0 Å². The van der Waals surface area contributed by atoms with Crippen molar-refractivity contribution in [3.8, 4) is 0 Å². The number of nitrogen functional groups attached to an aromatic ring is 1. The van der Waals surface area contributed by atoms with Crippen molar-refractivity contribution < 1.29 is 0 Å². The lowest BCUT2D eigenvalue weighted by molar-refractivity contribution is 1.70. The Bertz CT molecular complexity index is 438. The van der Waals surface area contributed by atoms with Gasteiger partial charge in [0.05, 0.1) is 9.70 Å². The predicted octanol–water partition coefficient (Wildman–Crippen LogP) is 3.85. The Kier molecular flexibility index (Phi) is 2.31. The van der Waals surface area contributed by atoms with Crippen molar-refractivity contribution in [3.05, 3.63) is 26.2 Å². The van der Waals surface area contributed by atoms with Gasteiger partial charge < -0.3 is 5.73 Å². The van der Waals surface area contributed by atoms with E-state index in [-0.39, 0.29) is 0 Å². The maximum Gasteiger partial charge on any atom is 0.0869 e. The van der Waals surface area contributed by atoms with Crippen LogP contribution in [-0.4, -0.2) is 0 Å². The summed E-state index contributed by atoms with van der Waals surface area (Å²) in [6.07, 6.45) is 0. The van der Waals surface area contributed by atoms with Crippen molar-refractivity contribution in [1.82, 2.24) is 0 Å². The summed E-state index contributed by atoms with van der Waals surface area (Å²) in [5.74, 6) is 0. The third kappa shape index (κ3) is 1.36. The molecule has 2 rings (SSSR count). The van der Waals surface area contributed by atoms with Crippen LogP contribution in [0.2, 0.25) is 0 Å². The fourth-order valence-corrected chi connectivity index (χ4v) is 3.21. The van der Waals surface area contributed by atoms with Gasteiger partial charge >= 0.3 is 0 Å². The van der Waals surface area contributed by atoms with Gasteiger partial charge in [-0.2, -0.15) is 0 Å². The van der Waals surface area contributed by atoms with Crippen molar-refractivity contribution in [3.63, 3.8) is 0 Å². The lowest BCUT2D eigenvalue weighted by Gasteiger charge is -1.95. The molecule has 0 unspecified atom stereocenters. The first-order valence-corrected chi connectivity index (χ1v) is 6.00. The number of hydrogen-bond acceptors (Lipinski definition) is 2. The molecule has 0 aliphatic carbocycles. The number of nitrogens with two attached hydrogens (primary N) is 1. The Labute approximate surface area is 96.2 Å². The average Bonchev–Trinajstić information content (AvgIpc) is 2.39. The van der Waals surface area contributed by atoms with Crippen molar-refractivity contribution >= 4 is 64.9 Å². The summed E-state index contributed by atoms with van der Waals surface area (Å²) in [7, 11) is 0. The zero-order valence-corrected chi connectivity index (χ0v) is 10.5. The normalized spacial score (nSPS) is 10.8. The minimum absolute atomic E-state index is 0.876. The van der Waals surface area contributed by atoms with Crippen LogP contribution in [0.1, 0.15) is 0 Å². The molecule has 12 heavy (non-hydrogen) atoms. The lowest BCUT2D eigenvalue weighted by atomic mass is 10.3. The summed E-state index contributed by atoms with van der Waals surface area (Å²) >= 11 is 7.44. The largest absolute Gasteiger partial charge is 0.391 e. The molecule has 0 spiro atoms. The molecule has 0 bridgehead atoms. The number of fused-ring (bicyclic) bond motifs is 1. The average molecular weight is 354 g/mol. The molecular weight excluding hydrogens is 349 g/mol. The van der Waals surface area contributed by atoms with E-state index in [0.717, 1.165) is 9.47 Å². The van der Waals surface area contributed by atoms with Gasteiger partial charge in [-0.25, -0.2) is 0 Å². The van der Waals surface area contributed by atoms with Gasteiger partial charge in [-0.15, -0.1) is 11.3 Å². The zero-order valence-electron chi connectivity index (χ0n) is 5.97. The molecule has 0 aliphatic heterocycles. The second-order valence-electron chi connectivity index (χ2n) is 2.43. The van der Waals surface area contributed by atoms with Gasteiger partial charge in [-0.1, -0.05) is 6.07 Å². The monoisotopic (exact) mass is 353 g/mol. The molecule has 0 amide bonds. The first-order chi connectivity index (χ1) is 5.68. The molecule has 0 aliphatic rings. The van der Waals surface area contributed by atoms with Crippen LogP contribution in [0, 0.1) is 3.57 Å². The van der Waals surface area contributed by atoms with E-state index >= 15 is 0 Å². The highest BCUT2D eigenvalue weighted by Gasteiger charge is 2.05. The summed E-state index contributed by atoms with van der Waals surface area (Å²) in [6.45, 7) is 0. The van der Waals surface area contributed by atoms with E-state index < -0.39 is 0 Å². The topological polar surface area (TPSA) is 26.0 Å². The Balaban J connectivity index is 2.89. The second kappa shape index (κ2) is 3.16. The van der Waals surface area contributed by atoms with Gasteiger partial charge in [0.25, 0.3) is 0 Å². The molecule has 0 fully saturated rings. The minimum atomic E-state index is 0.876. The van der Waals surface area contributed by atoms with Crippen LogP contribution in [0.3, 0.4) is 0 Å². The number of anilines is 1. The highest BCUT2D eigenvalue weighted by atomic mass is 127. The fourth-order valence-electron chi connectivity index (χ4n) is 1.06. The summed E-state index contributed by atoms with van der Waals surface area (Å²) in [4.78, 5) is 0. The third-order valence-corrected chi connectivity index (χ3v) is 5.48. The Morgan fingerprint density at radius 3 is 2.92 bits per heavy atom. The van der Waals surface area contributed by atoms with Crippen LogP contribution < -0.4 is 5.73 Å². The Morgan fingerprint density at radius 1 is 1.42 bits per heavy atom. The number of rotatable bonds is 0. The van der Waals surface area contributed by atoms with Crippen LogP contribution in [0.15, 0.2) is 22.7 Å². The van der Waals surface area contributed by atoms with Gasteiger partial charge in [0, 0.05) is 8.04 Å².